The Morgan fingerprint density at radius 3 is 2.47 bits per heavy atom. The molecule has 0 saturated heterocycles. The molecule has 1 N–H and O–H groups in total. The lowest BCUT2D eigenvalue weighted by Gasteiger charge is -2.30. The monoisotopic (exact) mass is 426 g/mol. The molecule has 2 aliphatic rings. The summed E-state index contributed by atoms with van der Waals surface area (Å²) in [5.74, 6) is 0.757. The van der Waals surface area contributed by atoms with Crippen molar-refractivity contribution in [2.45, 2.75) is 31.1 Å². The Morgan fingerprint density at radius 2 is 1.72 bits per heavy atom. The van der Waals surface area contributed by atoms with Crippen LogP contribution in [0.15, 0.2) is 72.8 Å². The molecular formula is C27H26N2O3. The van der Waals surface area contributed by atoms with Crippen molar-refractivity contribution in [3.8, 4) is 5.75 Å². The average Bonchev–Trinajstić information content (AvgIpc) is 3.66. The van der Waals surface area contributed by atoms with Crippen LogP contribution in [-0.2, 0) is 16.6 Å². The smallest absolute Gasteiger partial charge is 0.258 e. The molecule has 5 nitrogen and oxygen atoms in total. The number of para-hydroxylation sites is 1. The number of nitrogens with zero attached hydrogens (tertiary/aromatic N) is 1. The molecule has 5 rings (SSSR count). The van der Waals surface area contributed by atoms with Crippen LogP contribution in [0.3, 0.4) is 0 Å². The number of carbonyl (C=O) groups is 2. The summed E-state index contributed by atoms with van der Waals surface area (Å²) in [5, 5.41) is 3.12. The first-order valence-electron chi connectivity index (χ1n) is 11.1. The standard InChI is InChI=1S/C27H26N2O3/c1-32-24-12-6-5-11-22(24)27(15-16-27)26(31)28-21-13-14-23-20(18-21)10-7-17-29(23)25(30)19-8-3-2-4-9-19/h2-6,8-9,11-14,18H,7,10,15-17H2,1H3,(H,28,31). The minimum Gasteiger partial charge on any atom is -0.496 e. The molecule has 2 amide bonds. The van der Waals surface area contributed by atoms with Crippen LogP contribution in [0.5, 0.6) is 5.75 Å². The lowest BCUT2D eigenvalue weighted by atomic mass is 9.93. The first-order chi connectivity index (χ1) is 15.6. The number of aryl methyl sites for hydroxylation is 1. The highest BCUT2D eigenvalue weighted by Gasteiger charge is 2.52. The molecule has 1 aliphatic heterocycles. The zero-order valence-electron chi connectivity index (χ0n) is 18.1. The van der Waals surface area contributed by atoms with Gasteiger partial charge < -0.3 is 15.0 Å². The van der Waals surface area contributed by atoms with Crippen LogP contribution in [0.2, 0.25) is 0 Å². The summed E-state index contributed by atoms with van der Waals surface area (Å²) in [7, 11) is 1.64. The fraction of sp³-hybridized carbons (Fsp3) is 0.259. The number of hydrogen-bond donors (Lipinski definition) is 1. The van der Waals surface area contributed by atoms with E-state index in [9.17, 15) is 9.59 Å². The molecule has 5 heteroatoms. The maximum absolute atomic E-state index is 13.3. The van der Waals surface area contributed by atoms with Gasteiger partial charge in [0.2, 0.25) is 5.91 Å². The molecule has 32 heavy (non-hydrogen) atoms. The lowest BCUT2D eigenvalue weighted by Crippen LogP contribution is -2.35. The maximum Gasteiger partial charge on any atom is 0.258 e. The number of ether oxygens (including phenoxy) is 1. The van der Waals surface area contributed by atoms with Crippen molar-refractivity contribution in [1.29, 1.82) is 0 Å². The van der Waals surface area contributed by atoms with Crippen LogP contribution in [0, 0.1) is 0 Å². The van der Waals surface area contributed by atoms with E-state index < -0.39 is 5.41 Å². The van der Waals surface area contributed by atoms with Crippen molar-refractivity contribution in [2.75, 3.05) is 23.9 Å². The topological polar surface area (TPSA) is 58.6 Å². The van der Waals surface area contributed by atoms with Gasteiger partial charge in [-0.05, 0) is 67.6 Å². The van der Waals surface area contributed by atoms with E-state index in [2.05, 4.69) is 5.32 Å². The van der Waals surface area contributed by atoms with Crippen LogP contribution < -0.4 is 15.0 Å². The molecule has 1 aliphatic carbocycles. The van der Waals surface area contributed by atoms with Crippen LogP contribution >= 0.6 is 0 Å². The third kappa shape index (κ3) is 3.54. The van der Waals surface area contributed by atoms with E-state index in [0.29, 0.717) is 12.1 Å². The largest absolute Gasteiger partial charge is 0.496 e. The molecule has 3 aromatic carbocycles. The van der Waals surface area contributed by atoms with E-state index in [1.165, 1.54) is 0 Å². The first kappa shape index (κ1) is 20.3. The Labute approximate surface area is 188 Å². The van der Waals surface area contributed by atoms with Crippen molar-refractivity contribution in [2.24, 2.45) is 0 Å². The number of methoxy groups -OCH3 is 1. The molecule has 0 unspecified atom stereocenters. The van der Waals surface area contributed by atoms with Crippen molar-refractivity contribution >= 4 is 23.2 Å². The Hall–Kier alpha value is -3.60. The summed E-state index contributed by atoms with van der Waals surface area (Å²) in [6, 6.07) is 23.0. The van der Waals surface area contributed by atoms with Gasteiger partial charge in [-0.25, -0.2) is 0 Å². The first-order valence-corrected chi connectivity index (χ1v) is 11.1. The second kappa shape index (κ2) is 8.15. The second-order valence-electron chi connectivity index (χ2n) is 8.51. The normalized spacial score (nSPS) is 16.1. The molecule has 1 fully saturated rings. The number of hydrogen-bond acceptors (Lipinski definition) is 3. The van der Waals surface area contributed by atoms with Gasteiger partial charge in [-0.15, -0.1) is 0 Å². The van der Waals surface area contributed by atoms with Gasteiger partial charge in [0.1, 0.15) is 5.75 Å². The molecular weight excluding hydrogens is 400 g/mol. The summed E-state index contributed by atoms with van der Waals surface area (Å²) in [5.41, 5.74) is 3.87. The Balaban J connectivity index is 1.38. The van der Waals surface area contributed by atoms with Crippen molar-refractivity contribution in [1.82, 2.24) is 0 Å². The molecule has 0 radical (unpaired) electrons. The Kier molecular flexibility index (Phi) is 5.17. The quantitative estimate of drug-likeness (QED) is 0.627. The lowest BCUT2D eigenvalue weighted by molar-refractivity contribution is -0.118. The Bertz CT molecular complexity index is 1170. The molecule has 0 spiro atoms. The molecule has 0 aromatic heterocycles. The number of benzene rings is 3. The third-order valence-corrected chi connectivity index (χ3v) is 6.53. The van der Waals surface area contributed by atoms with Gasteiger partial charge in [0, 0.05) is 29.0 Å². The second-order valence-corrected chi connectivity index (χ2v) is 8.51. The number of amides is 2. The number of rotatable bonds is 5. The van der Waals surface area contributed by atoms with Crippen LogP contribution in [-0.4, -0.2) is 25.5 Å². The average molecular weight is 427 g/mol. The van der Waals surface area contributed by atoms with E-state index >= 15 is 0 Å². The predicted octanol–water partition coefficient (Wildman–Crippen LogP) is 4.96. The summed E-state index contributed by atoms with van der Waals surface area (Å²) in [4.78, 5) is 28.1. The van der Waals surface area contributed by atoms with Crippen molar-refractivity contribution in [3.05, 3.63) is 89.5 Å². The summed E-state index contributed by atoms with van der Waals surface area (Å²) < 4.78 is 5.50. The summed E-state index contributed by atoms with van der Waals surface area (Å²) >= 11 is 0. The zero-order chi connectivity index (χ0) is 22.1. The number of anilines is 2. The molecule has 1 saturated carbocycles. The number of fused-ring (bicyclic) bond motifs is 1. The van der Waals surface area contributed by atoms with Crippen molar-refractivity contribution in [3.63, 3.8) is 0 Å². The van der Waals surface area contributed by atoms with E-state index in [1.807, 2.05) is 77.7 Å². The summed E-state index contributed by atoms with van der Waals surface area (Å²) in [6.45, 7) is 0.698. The van der Waals surface area contributed by atoms with Crippen LogP contribution in [0.1, 0.15) is 40.7 Å². The van der Waals surface area contributed by atoms with Gasteiger partial charge in [-0.1, -0.05) is 36.4 Å². The van der Waals surface area contributed by atoms with Gasteiger partial charge in [0.25, 0.3) is 5.91 Å². The molecule has 162 valence electrons. The van der Waals surface area contributed by atoms with Crippen LogP contribution in [0.25, 0.3) is 0 Å². The number of nitrogens with one attached hydrogen (secondary N) is 1. The Morgan fingerprint density at radius 1 is 0.969 bits per heavy atom. The molecule has 3 aromatic rings. The SMILES string of the molecule is COc1ccccc1C1(C(=O)Nc2ccc3c(c2)CCCN3C(=O)c2ccccc2)CC1. The van der Waals surface area contributed by atoms with Gasteiger partial charge in [-0.3, -0.25) is 9.59 Å². The molecule has 0 atom stereocenters. The minimum atomic E-state index is -0.530. The van der Waals surface area contributed by atoms with Crippen molar-refractivity contribution < 1.29 is 14.3 Å². The zero-order valence-corrected chi connectivity index (χ0v) is 18.1. The van der Waals surface area contributed by atoms with E-state index in [0.717, 1.165) is 53.9 Å². The van der Waals surface area contributed by atoms with E-state index in [-0.39, 0.29) is 11.8 Å². The van der Waals surface area contributed by atoms with E-state index in [4.69, 9.17) is 4.74 Å². The highest BCUT2D eigenvalue weighted by atomic mass is 16.5. The minimum absolute atomic E-state index is 0.00465. The van der Waals surface area contributed by atoms with Gasteiger partial charge in [-0.2, -0.15) is 0 Å². The molecule has 1 heterocycles. The number of carbonyl (C=O) groups excluding carboxylic acids is 2. The van der Waals surface area contributed by atoms with Gasteiger partial charge in [0.05, 0.1) is 12.5 Å². The summed E-state index contributed by atoms with van der Waals surface area (Å²) in [6.07, 6.45) is 3.40. The maximum atomic E-state index is 13.3. The highest BCUT2D eigenvalue weighted by molar-refractivity contribution is 6.07. The predicted molar refractivity (Wildman–Crippen MR) is 125 cm³/mol. The third-order valence-electron chi connectivity index (χ3n) is 6.53. The van der Waals surface area contributed by atoms with Crippen LogP contribution in [0.4, 0.5) is 11.4 Å². The van der Waals surface area contributed by atoms with Gasteiger partial charge in [0.15, 0.2) is 0 Å². The fourth-order valence-electron chi connectivity index (χ4n) is 4.66. The highest BCUT2D eigenvalue weighted by Crippen LogP contribution is 2.52. The van der Waals surface area contributed by atoms with Gasteiger partial charge >= 0.3 is 0 Å². The fourth-order valence-corrected chi connectivity index (χ4v) is 4.66. The van der Waals surface area contributed by atoms with E-state index in [1.54, 1.807) is 7.11 Å². The molecule has 0 bridgehead atoms.